The smallest absolute Gasteiger partial charge is 0.240 e. The molecule has 6 nitrogen and oxygen atoms in total. The minimum atomic E-state index is -3.65. The molecule has 1 aromatic carbocycles. The van der Waals surface area contributed by atoms with E-state index in [9.17, 15) is 8.42 Å². The van der Waals surface area contributed by atoms with Crippen molar-refractivity contribution in [2.75, 3.05) is 39.0 Å². The zero-order valence-corrected chi connectivity index (χ0v) is 13.7. The maximum atomic E-state index is 12.3. The Balaban J connectivity index is 2.08. The summed E-state index contributed by atoms with van der Waals surface area (Å²) in [5, 5.41) is 0.337. The van der Waals surface area contributed by atoms with Crippen molar-refractivity contribution in [2.45, 2.75) is 17.9 Å². The van der Waals surface area contributed by atoms with E-state index in [1.54, 1.807) is 6.92 Å². The number of hydrogen-bond acceptors (Lipinski definition) is 5. The number of ether oxygens (including phenoxy) is 1. The Morgan fingerprint density at radius 3 is 2.86 bits per heavy atom. The van der Waals surface area contributed by atoms with Crippen LogP contribution in [-0.4, -0.2) is 52.7 Å². The number of sulfonamides is 1. The number of nitrogens with two attached hydrogens (primary N) is 1. The molecule has 1 heterocycles. The third kappa shape index (κ3) is 4.08. The van der Waals surface area contributed by atoms with E-state index in [1.807, 2.05) is 7.05 Å². The molecule has 118 valence electrons. The zero-order valence-electron chi connectivity index (χ0n) is 12.1. The second-order valence-electron chi connectivity index (χ2n) is 5.23. The molecule has 1 fully saturated rings. The lowest BCUT2D eigenvalue weighted by Crippen LogP contribution is -2.45. The quantitative estimate of drug-likeness (QED) is 0.798. The van der Waals surface area contributed by atoms with Gasteiger partial charge in [0.1, 0.15) is 0 Å². The van der Waals surface area contributed by atoms with Crippen molar-refractivity contribution in [3.63, 3.8) is 0 Å². The van der Waals surface area contributed by atoms with E-state index in [-0.39, 0.29) is 17.5 Å². The van der Waals surface area contributed by atoms with E-state index in [0.29, 0.717) is 29.4 Å². The molecule has 8 heteroatoms. The number of nitrogen functional groups attached to an aromatic ring is 1. The molecule has 0 radical (unpaired) electrons. The lowest BCUT2D eigenvalue weighted by Gasteiger charge is -2.30. The maximum Gasteiger partial charge on any atom is 0.240 e. The monoisotopic (exact) mass is 333 g/mol. The summed E-state index contributed by atoms with van der Waals surface area (Å²) in [4.78, 5) is 2.17. The first-order valence-corrected chi connectivity index (χ1v) is 8.51. The maximum absolute atomic E-state index is 12.3. The predicted octanol–water partition coefficient (Wildman–Crippen LogP) is 0.840. The summed E-state index contributed by atoms with van der Waals surface area (Å²) in [5.74, 6) is 0. The van der Waals surface area contributed by atoms with Crippen LogP contribution in [0.5, 0.6) is 0 Å². The van der Waals surface area contributed by atoms with E-state index >= 15 is 0 Å². The fourth-order valence-electron chi connectivity index (χ4n) is 2.11. The summed E-state index contributed by atoms with van der Waals surface area (Å²) in [6, 6.07) is 2.82. The number of halogens is 1. The number of morpholine rings is 1. The molecule has 21 heavy (non-hydrogen) atoms. The van der Waals surface area contributed by atoms with E-state index in [4.69, 9.17) is 22.1 Å². The lowest BCUT2D eigenvalue weighted by atomic mass is 10.2. The second-order valence-corrected chi connectivity index (χ2v) is 7.40. The number of nitrogens with one attached hydrogen (secondary N) is 1. The van der Waals surface area contributed by atoms with Gasteiger partial charge in [-0.3, -0.25) is 0 Å². The van der Waals surface area contributed by atoms with Crippen LogP contribution in [0.15, 0.2) is 17.0 Å². The highest BCUT2D eigenvalue weighted by atomic mass is 35.5. The van der Waals surface area contributed by atoms with Crippen molar-refractivity contribution < 1.29 is 13.2 Å². The van der Waals surface area contributed by atoms with Crippen molar-refractivity contribution in [1.29, 1.82) is 0 Å². The molecule has 2 rings (SSSR count). The molecule has 0 spiro atoms. The van der Waals surface area contributed by atoms with Crippen LogP contribution in [0.3, 0.4) is 0 Å². The van der Waals surface area contributed by atoms with Gasteiger partial charge in [0.15, 0.2) is 0 Å². The molecule has 1 aliphatic heterocycles. The topological polar surface area (TPSA) is 84.7 Å². The first-order chi connectivity index (χ1) is 9.79. The standard InChI is InChI=1S/C13H20ClN3O3S/c1-9-12(14)5-11(6-13(9)15)21(18,19)16-7-10-8-17(2)3-4-20-10/h5-6,10,16H,3-4,7-8,15H2,1-2H3. The summed E-state index contributed by atoms with van der Waals surface area (Å²) in [5.41, 5.74) is 6.80. The van der Waals surface area contributed by atoms with Crippen molar-refractivity contribution in [3.05, 3.63) is 22.7 Å². The first kappa shape index (κ1) is 16.5. The highest BCUT2D eigenvalue weighted by Crippen LogP contribution is 2.25. The van der Waals surface area contributed by atoms with E-state index in [1.165, 1.54) is 12.1 Å². The average Bonchev–Trinajstić information content (AvgIpc) is 2.42. The highest BCUT2D eigenvalue weighted by molar-refractivity contribution is 7.89. The molecule has 0 aromatic heterocycles. The fourth-order valence-corrected chi connectivity index (χ4v) is 3.52. The van der Waals surface area contributed by atoms with Gasteiger partial charge in [-0.05, 0) is 31.7 Å². The molecule has 0 saturated carbocycles. The largest absolute Gasteiger partial charge is 0.398 e. The molecule has 0 amide bonds. The number of benzene rings is 1. The van der Waals surface area contributed by atoms with Crippen LogP contribution in [0, 0.1) is 6.92 Å². The summed E-state index contributed by atoms with van der Waals surface area (Å²) in [6.45, 7) is 4.12. The van der Waals surface area contributed by atoms with Crippen LogP contribution in [0.1, 0.15) is 5.56 Å². The Labute approximate surface area is 130 Å². The van der Waals surface area contributed by atoms with Crippen LogP contribution < -0.4 is 10.5 Å². The summed E-state index contributed by atoms with van der Waals surface area (Å²) in [7, 11) is -1.68. The van der Waals surface area contributed by atoms with Crippen LogP contribution in [0.25, 0.3) is 0 Å². The van der Waals surface area contributed by atoms with Crippen LogP contribution in [0.2, 0.25) is 5.02 Å². The van der Waals surface area contributed by atoms with Crippen LogP contribution >= 0.6 is 11.6 Å². The normalized spacial score (nSPS) is 20.6. The molecular weight excluding hydrogens is 314 g/mol. The van der Waals surface area contributed by atoms with Gasteiger partial charge in [-0.15, -0.1) is 0 Å². The number of anilines is 1. The van der Waals surface area contributed by atoms with Gasteiger partial charge < -0.3 is 15.4 Å². The molecule has 3 N–H and O–H groups in total. The van der Waals surface area contributed by atoms with Gasteiger partial charge in [0.05, 0.1) is 17.6 Å². The fraction of sp³-hybridized carbons (Fsp3) is 0.538. The van der Waals surface area contributed by atoms with Crippen molar-refractivity contribution in [1.82, 2.24) is 9.62 Å². The number of hydrogen-bond donors (Lipinski definition) is 2. The van der Waals surface area contributed by atoms with Crippen LogP contribution in [-0.2, 0) is 14.8 Å². The van der Waals surface area contributed by atoms with Gasteiger partial charge >= 0.3 is 0 Å². The number of rotatable bonds is 4. The summed E-state index contributed by atoms with van der Waals surface area (Å²) in [6.07, 6.45) is -0.156. The van der Waals surface area contributed by atoms with Gasteiger partial charge in [0.2, 0.25) is 10.0 Å². The number of likely N-dealkylation sites (N-methyl/N-ethyl adjacent to an activating group) is 1. The van der Waals surface area contributed by atoms with E-state index < -0.39 is 10.0 Å². The average molecular weight is 334 g/mol. The Morgan fingerprint density at radius 1 is 1.52 bits per heavy atom. The Kier molecular flexibility index (Phi) is 5.11. The molecule has 1 unspecified atom stereocenters. The molecule has 1 aliphatic rings. The van der Waals surface area contributed by atoms with E-state index in [0.717, 1.165) is 6.54 Å². The molecule has 0 bridgehead atoms. The van der Waals surface area contributed by atoms with Crippen LogP contribution in [0.4, 0.5) is 5.69 Å². The molecule has 1 aromatic rings. The molecular formula is C13H20ClN3O3S. The minimum Gasteiger partial charge on any atom is -0.398 e. The number of nitrogens with zero attached hydrogens (tertiary/aromatic N) is 1. The van der Waals surface area contributed by atoms with Gasteiger partial charge in [-0.1, -0.05) is 11.6 Å². The summed E-state index contributed by atoms with van der Waals surface area (Å²) < 4.78 is 32.6. The van der Waals surface area contributed by atoms with Crippen molar-refractivity contribution in [2.24, 2.45) is 0 Å². The lowest BCUT2D eigenvalue weighted by molar-refractivity contribution is -0.0156. The molecule has 1 saturated heterocycles. The second kappa shape index (κ2) is 6.50. The highest BCUT2D eigenvalue weighted by Gasteiger charge is 2.22. The zero-order chi connectivity index (χ0) is 15.6. The SMILES string of the molecule is Cc1c(N)cc(S(=O)(=O)NCC2CN(C)CCO2)cc1Cl. The van der Waals surface area contributed by atoms with E-state index in [2.05, 4.69) is 9.62 Å². The van der Waals surface area contributed by atoms with Gasteiger partial charge in [-0.2, -0.15) is 0 Å². The first-order valence-electron chi connectivity index (χ1n) is 6.65. The predicted molar refractivity (Wildman–Crippen MR) is 83.0 cm³/mol. The Bertz CT molecular complexity index is 598. The third-order valence-corrected chi connectivity index (χ3v) is 5.31. The Morgan fingerprint density at radius 2 is 2.24 bits per heavy atom. The molecule has 1 atom stereocenters. The van der Waals surface area contributed by atoms with Gasteiger partial charge in [0, 0.05) is 30.3 Å². The van der Waals surface area contributed by atoms with Crippen molar-refractivity contribution in [3.8, 4) is 0 Å². The van der Waals surface area contributed by atoms with Gasteiger partial charge in [-0.25, -0.2) is 13.1 Å². The minimum absolute atomic E-state index is 0.0692. The third-order valence-electron chi connectivity index (χ3n) is 3.51. The van der Waals surface area contributed by atoms with Gasteiger partial charge in [0.25, 0.3) is 0 Å². The summed E-state index contributed by atoms with van der Waals surface area (Å²) >= 11 is 5.99. The Hall–Kier alpha value is -0.860. The molecule has 0 aliphatic carbocycles. The van der Waals surface area contributed by atoms with Crippen molar-refractivity contribution >= 4 is 27.3 Å².